The molecular weight excluding hydrogens is 263 g/mol. The van der Waals surface area contributed by atoms with Crippen LogP contribution in [0, 0.1) is 0 Å². The first-order valence-electron chi connectivity index (χ1n) is 6.37. The number of rotatable bonds is 3. The minimum atomic E-state index is -0.966. The van der Waals surface area contributed by atoms with Crippen molar-refractivity contribution in [2.24, 2.45) is 0 Å². The molecule has 3 rings (SSSR count). The number of fused-ring (bicyclic) bond motifs is 1. The maximum absolute atomic E-state index is 13.2. The minimum Gasteiger partial charge on any atom is -0.384 e. The van der Waals surface area contributed by atoms with Gasteiger partial charge < -0.3 is 16.4 Å². The Bertz CT molecular complexity index is 669. The Morgan fingerprint density at radius 1 is 1.55 bits per heavy atom. The minimum absolute atomic E-state index is 0.281. The molecule has 1 aliphatic carbocycles. The van der Waals surface area contributed by atoms with Crippen molar-refractivity contribution in [1.82, 2.24) is 19.9 Å². The standard InChI is InChI=1S/C12H15FN6O/c1-15-10-4-9(14)18-11-6(5-16-19(10)11)12(20)17-8-3-2-7(8)13/h4-5,7-8,15H,2-3H2,1H3,(H2,14,18)(H,17,20)/t7-,8-/m0/s1. The Kier molecular flexibility index (Phi) is 2.92. The first-order valence-corrected chi connectivity index (χ1v) is 6.37. The van der Waals surface area contributed by atoms with E-state index in [0.29, 0.717) is 24.3 Å². The summed E-state index contributed by atoms with van der Waals surface area (Å²) in [6, 6.07) is 1.20. The average Bonchev–Trinajstić information content (AvgIpc) is 2.85. The molecule has 8 heteroatoms. The number of halogens is 1. The van der Waals surface area contributed by atoms with E-state index < -0.39 is 12.2 Å². The molecule has 0 saturated heterocycles. The molecule has 4 N–H and O–H groups in total. The predicted molar refractivity (Wildman–Crippen MR) is 72.3 cm³/mol. The van der Waals surface area contributed by atoms with Gasteiger partial charge in [-0.25, -0.2) is 9.37 Å². The molecule has 0 spiro atoms. The van der Waals surface area contributed by atoms with Crippen LogP contribution >= 0.6 is 0 Å². The van der Waals surface area contributed by atoms with Crippen molar-refractivity contribution in [3.05, 3.63) is 17.8 Å². The molecule has 2 heterocycles. The summed E-state index contributed by atoms with van der Waals surface area (Å²) in [6.45, 7) is 0. The quantitative estimate of drug-likeness (QED) is 0.763. The maximum atomic E-state index is 13.2. The van der Waals surface area contributed by atoms with Gasteiger partial charge in [0.05, 0.1) is 12.2 Å². The van der Waals surface area contributed by atoms with Crippen molar-refractivity contribution >= 4 is 23.2 Å². The van der Waals surface area contributed by atoms with Crippen LogP contribution < -0.4 is 16.4 Å². The van der Waals surface area contributed by atoms with Crippen LogP contribution in [-0.2, 0) is 0 Å². The summed E-state index contributed by atoms with van der Waals surface area (Å²) >= 11 is 0. The molecule has 0 radical (unpaired) electrons. The molecule has 1 saturated carbocycles. The van der Waals surface area contributed by atoms with E-state index >= 15 is 0 Å². The molecule has 2 aromatic heterocycles. The first-order chi connectivity index (χ1) is 9.60. The zero-order valence-electron chi connectivity index (χ0n) is 10.9. The summed E-state index contributed by atoms with van der Waals surface area (Å²) in [5.74, 6) is 0.523. The molecule has 0 aliphatic heterocycles. The van der Waals surface area contributed by atoms with Gasteiger partial charge in [0.1, 0.15) is 23.4 Å². The highest BCUT2D eigenvalue weighted by Crippen LogP contribution is 2.24. The Morgan fingerprint density at radius 2 is 2.35 bits per heavy atom. The zero-order chi connectivity index (χ0) is 14.3. The molecule has 7 nitrogen and oxygen atoms in total. The largest absolute Gasteiger partial charge is 0.384 e. The van der Waals surface area contributed by atoms with Crippen LogP contribution in [-0.4, -0.2) is 39.8 Å². The van der Waals surface area contributed by atoms with Crippen molar-refractivity contribution in [2.75, 3.05) is 18.1 Å². The van der Waals surface area contributed by atoms with Crippen molar-refractivity contribution in [1.29, 1.82) is 0 Å². The highest BCUT2D eigenvalue weighted by Gasteiger charge is 2.32. The molecule has 1 aliphatic rings. The maximum Gasteiger partial charge on any atom is 0.257 e. The van der Waals surface area contributed by atoms with Gasteiger partial charge in [0.15, 0.2) is 5.65 Å². The van der Waals surface area contributed by atoms with Gasteiger partial charge in [-0.15, -0.1) is 0 Å². The first kappa shape index (κ1) is 12.6. The number of amides is 1. The third-order valence-corrected chi connectivity index (χ3v) is 3.50. The van der Waals surface area contributed by atoms with Crippen LogP contribution in [0.3, 0.4) is 0 Å². The van der Waals surface area contributed by atoms with E-state index in [-0.39, 0.29) is 17.3 Å². The third-order valence-electron chi connectivity index (χ3n) is 3.50. The van der Waals surface area contributed by atoms with Gasteiger partial charge in [0.2, 0.25) is 0 Å². The van der Waals surface area contributed by atoms with Crippen LogP contribution in [0.5, 0.6) is 0 Å². The number of carbonyl (C=O) groups excluding carboxylic acids is 1. The van der Waals surface area contributed by atoms with E-state index in [1.807, 2.05) is 0 Å². The monoisotopic (exact) mass is 278 g/mol. The lowest BCUT2D eigenvalue weighted by Crippen LogP contribution is -2.48. The van der Waals surface area contributed by atoms with E-state index in [9.17, 15) is 9.18 Å². The summed E-state index contributed by atoms with van der Waals surface area (Å²) in [6.07, 6.45) is 1.59. The Balaban J connectivity index is 1.95. The van der Waals surface area contributed by atoms with Crippen molar-refractivity contribution < 1.29 is 9.18 Å². The smallest absolute Gasteiger partial charge is 0.257 e. The molecule has 1 fully saturated rings. The number of nitrogens with one attached hydrogen (secondary N) is 2. The molecule has 0 aromatic carbocycles. The fraction of sp³-hybridized carbons (Fsp3) is 0.417. The second-order valence-corrected chi connectivity index (χ2v) is 4.78. The molecule has 20 heavy (non-hydrogen) atoms. The fourth-order valence-corrected chi connectivity index (χ4v) is 2.19. The number of aromatic nitrogens is 3. The van der Waals surface area contributed by atoms with Gasteiger partial charge in [-0.1, -0.05) is 0 Å². The number of nitrogen functional groups attached to an aromatic ring is 1. The SMILES string of the molecule is CNc1cc(N)nc2c(C(=O)N[C@H]3CC[C@@H]3F)cnn12. The summed E-state index contributed by atoms with van der Waals surface area (Å²) in [4.78, 5) is 16.3. The fourth-order valence-electron chi connectivity index (χ4n) is 2.19. The Hall–Kier alpha value is -2.38. The third kappa shape index (κ3) is 1.93. The highest BCUT2D eigenvalue weighted by atomic mass is 19.1. The second-order valence-electron chi connectivity index (χ2n) is 4.78. The lowest BCUT2D eigenvalue weighted by molar-refractivity contribution is 0.0826. The van der Waals surface area contributed by atoms with Gasteiger partial charge in [-0.05, 0) is 12.8 Å². The lowest BCUT2D eigenvalue weighted by atomic mass is 9.90. The topological polar surface area (TPSA) is 97.3 Å². The zero-order valence-corrected chi connectivity index (χ0v) is 10.9. The van der Waals surface area contributed by atoms with Crippen LogP contribution in [0.4, 0.5) is 16.0 Å². The van der Waals surface area contributed by atoms with Gasteiger partial charge in [0, 0.05) is 13.1 Å². The molecule has 2 aromatic rings. The van der Waals surface area contributed by atoms with Crippen LogP contribution in [0.2, 0.25) is 0 Å². The van der Waals surface area contributed by atoms with Crippen LogP contribution in [0.1, 0.15) is 23.2 Å². The summed E-state index contributed by atoms with van der Waals surface area (Å²) < 4.78 is 14.7. The lowest BCUT2D eigenvalue weighted by Gasteiger charge is -2.30. The van der Waals surface area contributed by atoms with Gasteiger partial charge in [-0.2, -0.15) is 9.61 Å². The molecule has 0 unspecified atom stereocenters. The number of anilines is 2. The Labute approximate surface area is 114 Å². The number of carbonyl (C=O) groups is 1. The normalized spacial score (nSPS) is 21.5. The van der Waals surface area contributed by atoms with Gasteiger partial charge in [0.25, 0.3) is 5.91 Å². The number of nitrogens with two attached hydrogens (primary N) is 1. The summed E-state index contributed by atoms with van der Waals surface area (Å²) in [5, 5.41) is 9.67. The summed E-state index contributed by atoms with van der Waals surface area (Å²) in [5.41, 5.74) is 6.34. The number of hydrogen-bond donors (Lipinski definition) is 3. The summed E-state index contributed by atoms with van der Waals surface area (Å²) in [7, 11) is 1.72. The van der Waals surface area contributed by atoms with E-state index in [1.165, 1.54) is 10.7 Å². The van der Waals surface area contributed by atoms with Crippen molar-refractivity contribution in [3.8, 4) is 0 Å². The number of alkyl halides is 1. The molecule has 106 valence electrons. The van der Waals surface area contributed by atoms with E-state index in [0.717, 1.165) is 0 Å². The number of hydrogen-bond acceptors (Lipinski definition) is 5. The molecular formula is C12H15FN6O. The predicted octanol–water partition coefficient (Wildman–Crippen LogP) is 0.583. The molecule has 0 bridgehead atoms. The van der Waals surface area contributed by atoms with E-state index in [4.69, 9.17) is 5.73 Å². The van der Waals surface area contributed by atoms with E-state index in [2.05, 4.69) is 20.7 Å². The van der Waals surface area contributed by atoms with Crippen LogP contribution in [0.25, 0.3) is 5.65 Å². The number of nitrogens with zero attached hydrogens (tertiary/aromatic N) is 3. The second kappa shape index (κ2) is 4.62. The van der Waals surface area contributed by atoms with Crippen molar-refractivity contribution in [3.63, 3.8) is 0 Å². The Morgan fingerprint density at radius 3 is 2.95 bits per heavy atom. The average molecular weight is 278 g/mol. The molecule has 1 amide bonds. The van der Waals surface area contributed by atoms with Gasteiger partial charge in [-0.3, -0.25) is 4.79 Å². The van der Waals surface area contributed by atoms with Crippen LogP contribution in [0.15, 0.2) is 12.3 Å². The van der Waals surface area contributed by atoms with Gasteiger partial charge >= 0.3 is 0 Å². The highest BCUT2D eigenvalue weighted by molar-refractivity contribution is 6.00. The van der Waals surface area contributed by atoms with Crippen molar-refractivity contribution in [2.45, 2.75) is 25.1 Å². The molecule has 2 atom stereocenters. The van der Waals surface area contributed by atoms with E-state index in [1.54, 1.807) is 13.1 Å².